The van der Waals surface area contributed by atoms with Crippen LogP contribution in [0.4, 0.5) is 0 Å². The maximum Gasteiger partial charge on any atom is 0.181 e. The Kier molecular flexibility index (Phi) is 3.22. The molecule has 0 saturated carbocycles. The molecule has 86 valence electrons. The van der Waals surface area contributed by atoms with E-state index in [1.165, 1.54) is 12.0 Å². The highest BCUT2D eigenvalue weighted by molar-refractivity contribution is 5.72. The molecule has 1 atom stereocenters. The summed E-state index contributed by atoms with van der Waals surface area (Å²) in [7, 11) is 2.07. The molecule has 0 spiro atoms. The third-order valence-corrected chi connectivity index (χ3v) is 2.92. The molecule has 0 bridgehead atoms. The Morgan fingerprint density at radius 3 is 3.06 bits per heavy atom. The number of likely N-dealkylation sites (N-methyl/N-ethyl adjacent to an activating group) is 1. The number of rotatable bonds is 4. The summed E-state index contributed by atoms with van der Waals surface area (Å²) in [5, 5.41) is 0. The van der Waals surface area contributed by atoms with Crippen LogP contribution in [0, 0.1) is 0 Å². The molecule has 0 saturated heterocycles. The molecule has 4 nitrogen and oxygen atoms in total. The van der Waals surface area contributed by atoms with Crippen LogP contribution in [0.1, 0.15) is 12.5 Å². The quantitative estimate of drug-likeness (QED) is 0.848. The van der Waals surface area contributed by atoms with Crippen LogP contribution >= 0.6 is 0 Å². The van der Waals surface area contributed by atoms with Gasteiger partial charge in [-0.1, -0.05) is 6.07 Å². The molecule has 2 aromatic rings. The molecule has 0 radical (unpaired) electrons. The molecule has 2 rings (SSSR count). The van der Waals surface area contributed by atoms with Crippen molar-refractivity contribution >= 4 is 11.1 Å². The van der Waals surface area contributed by atoms with E-state index in [1.54, 1.807) is 0 Å². The van der Waals surface area contributed by atoms with Crippen molar-refractivity contribution in [3.8, 4) is 0 Å². The average molecular weight is 219 g/mol. The average Bonchev–Trinajstić information content (AvgIpc) is 2.75. The van der Waals surface area contributed by atoms with Gasteiger partial charge in [-0.15, -0.1) is 0 Å². The van der Waals surface area contributed by atoms with Crippen LogP contribution in [0.5, 0.6) is 0 Å². The van der Waals surface area contributed by atoms with Gasteiger partial charge in [0.1, 0.15) is 5.52 Å². The largest absolute Gasteiger partial charge is 0.443 e. The third-order valence-electron chi connectivity index (χ3n) is 2.92. The first-order chi connectivity index (χ1) is 7.70. The molecular formula is C12H17N3O. The minimum atomic E-state index is 0.380. The van der Waals surface area contributed by atoms with Crippen LogP contribution in [0.2, 0.25) is 0 Å². The number of fused-ring (bicyclic) bond motifs is 1. The topological polar surface area (TPSA) is 55.3 Å². The van der Waals surface area contributed by atoms with Gasteiger partial charge in [-0.3, -0.25) is 4.90 Å². The third kappa shape index (κ3) is 2.23. The van der Waals surface area contributed by atoms with E-state index in [4.69, 9.17) is 10.2 Å². The Balaban J connectivity index is 2.14. The number of nitrogens with two attached hydrogens (primary N) is 1. The number of benzene rings is 1. The molecule has 0 aliphatic heterocycles. The minimum Gasteiger partial charge on any atom is -0.443 e. The molecular weight excluding hydrogens is 202 g/mol. The van der Waals surface area contributed by atoms with E-state index < -0.39 is 0 Å². The van der Waals surface area contributed by atoms with E-state index in [1.807, 2.05) is 12.1 Å². The maximum absolute atomic E-state index is 5.63. The highest BCUT2D eigenvalue weighted by Gasteiger charge is 2.08. The van der Waals surface area contributed by atoms with Gasteiger partial charge in [0.2, 0.25) is 0 Å². The van der Waals surface area contributed by atoms with Crippen LogP contribution in [-0.2, 0) is 6.54 Å². The van der Waals surface area contributed by atoms with Crippen molar-refractivity contribution in [1.82, 2.24) is 9.88 Å². The zero-order chi connectivity index (χ0) is 11.5. The Labute approximate surface area is 95.1 Å². The van der Waals surface area contributed by atoms with Crippen LogP contribution < -0.4 is 5.73 Å². The van der Waals surface area contributed by atoms with E-state index in [9.17, 15) is 0 Å². The van der Waals surface area contributed by atoms with Gasteiger partial charge in [0.15, 0.2) is 12.0 Å². The summed E-state index contributed by atoms with van der Waals surface area (Å²) in [4.78, 5) is 6.31. The SMILES string of the molecule is CC(CN)N(C)Cc1ccc2ncoc2c1. The number of nitrogens with zero attached hydrogens (tertiary/aromatic N) is 2. The van der Waals surface area contributed by atoms with E-state index in [0.29, 0.717) is 12.6 Å². The fourth-order valence-electron chi connectivity index (χ4n) is 1.62. The van der Waals surface area contributed by atoms with Crippen molar-refractivity contribution < 1.29 is 4.42 Å². The van der Waals surface area contributed by atoms with Crippen LogP contribution in [-0.4, -0.2) is 29.5 Å². The lowest BCUT2D eigenvalue weighted by molar-refractivity contribution is 0.255. The second-order valence-electron chi connectivity index (χ2n) is 4.15. The van der Waals surface area contributed by atoms with E-state index in [0.717, 1.165) is 17.6 Å². The van der Waals surface area contributed by atoms with Crippen molar-refractivity contribution in [2.75, 3.05) is 13.6 Å². The Morgan fingerprint density at radius 1 is 1.50 bits per heavy atom. The predicted molar refractivity (Wildman–Crippen MR) is 64.0 cm³/mol. The Hall–Kier alpha value is -1.39. The number of aromatic nitrogens is 1. The molecule has 1 aromatic carbocycles. The molecule has 0 fully saturated rings. The van der Waals surface area contributed by atoms with Crippen molar-refractivity contribution in [3.05, 3.63) is 30.2 Å². The monoisotopic (exact) mass is 219 g/mol. The maximum atomic E-state index is 5.63. The highest BCUT2D eigenvalue weighted by Crippen LogP contribution is 2.15. The standard InChI is InChI=1S/C12H17N3O/c1-9(6-13)15(2)7-10-3-4-11-12(5-10)16-8-14-11/h3-5,8-9H,6-7,13H2,1-2H3. The summed E-state index contributed by atoms with van der Waals surface area (Å²) < 4.78 is 5.27. The fraction of sp³-hybridized carbons (Fsp3) is 0.417. The molecule has 4 heteroatoms. The lowest BCUT2D eigenvalue weighted by Gasteiger charge is -2.23. The number of oxazole rings is 1. The van der Waals surface area contributed by atoms with Gasteiger partial charge in [-0.25, -0.2) is 4.98 Å². The molecule has 0 amide bonds. The van der Waals surface area contributed by atoms with Crippen molar-refractivity contribution in [1.29, 1.82) is 0 Å². The Bertz CT molecular complexity index is 466. The van der Waals surface area contributed by atoms with Gasteiger partial charge in [0.25, 0.3) is 0 Å². The summed E-state index contributed by atoms with van der Waals surface area (Å²) >= 11 is 0. The van der Waals surface area contributed by atoms with Gasteiger partial charge < -0.3 is 10.2 Å². The second-order valence-corrected chi connectivity index (χ2v) is 4.15. The Morgan fingerprint density at radius 2 is 2.31 bits per heavy atom. The zero-order valence-electron chi connectivity index (χ0n) is 9.68. The molecule has 16 heavy (non-hydrogen) atoms. The summed E-state index contributed by atoms with van der Waals surface area (Å²) in [5.41, 5.74) is 8.59. The zero-order valence-corrected chi connectivity index (χ0v) is 9.68. The first-order valence-electron chi connectivity index (χ1n) is 5.43. The minimum absolute atomic E-state index is 0.380. The normalized spacial score (nSPS) is 13.5. The summed E-state index contributed by atoms with van der Waals surface area (Å²) in [5.74, 6) is 0. The number of hydrogen-bond acceptors (Lipinski definition) is 4. The van der Waals surface area contributed by atoms with Crippen LogP contribution in [0.15, 0.2) is 29.0 Å². The molecule has 1 heterocycles. The molecule has 0 aliphatic rings. The summed E-state index contributed by atoms with van der Waals surface area (Å²) in [6.07, 6.45) is 1.47. The first kappa shape index (κ1) is 11.1. The summed E-state index contributed by atoms with van der Waals surface area (Å²) in [6, 6.07) is 6.47. The molecule has 1 unspecified atom stereocenters. The van der Waals surface area contributed by atoms with Gasteiger partial charge >= 0.3 is 0 Å². The van der Waals surface area contributed by atoms with Crippen molar-refractivity contribution in [3.63, 3.8) is 0 Å². The van der Waals surface area contributed by atoms with Crippen molar-refractivity contribution in [2.45, 2.75) is 19.5 Å². The second kappa shape index (κ2) is 4.63. The van der Waals surface area contributed by atoms with Gasteiger partial charge in [-0.2, -0.15) is 0 Å². The first-order valence-corrected chi connectivity index (χ1v) is 5.43. The molecule has 0 aliphatic carbocycles. The lowest BCUT2D eigenvalue weighted by Crippen LogP contribution is -2.34. The van der Waals surface area contributed by atoms with Gasteiger partial charge in [-0.05, 0) is 31.7 Å². The van der Waals surface area contributed by atoms with Crippen LogP contribution in [0.25, 0.3) is 11.1 Å². The van der Waals surface area contributed by atoms with Crippen LogP contribution in [0.3, 0.4) is 0 Å². The summed E-state index contributed by atoms with van der Waals surface area (Å²) in [6.45, 7) is 3.66. The fourth-order valence-corrected chi connectivity index (χ4v) is 1.62. The van der Waals surface area contributed by atoms with Gasteiger partial charge in [0.05, 0.1) is 0 Å². The number of hydrogen-bond donors (Lipinski definition) is 1. The van der Waals surface area contributed by atoms with E-state index in [-0.39, 0.29) is 0 Å². The lowest BCUT2D eigenvalue weighted by atomic mass is 10.2. The highest BCUT2D eigenvalue weighted by atomic mass is 16.3. The molecule has 2 N–H and O–H groups in total. The van der Waals surface area contributed by atoms with Gasteiger partial charge in [0, 0.05) is 19.1 Å². The predicted octanol–water partition coefficient (Wildman–Crippen LogP) is 1.61. The van der Waals surface area contributed by atoms with E-state index in [2.05, 4.69) is 29.9 Å². The smallest absolute Gasteiger partial charge is 0.181 e. The van der Waals surface area contributed by atoms with E-state index >= 15 is 0 Å². The molecule has 1 aromatic heterocycles. The van der Waals surface area contributed by atoms with Crippen molar-refractivity contribution in [2.24, 2.45) is 5.73 Å².